The normalized spacial score (nSPS) is 13.8. The first-order chi connectivity index (χ1) is 13.6. The number of hydrogen-bond acceptors (Lipinski definition) is 3. The highest BCUT2D eigenvalue weighted by molar-refractivity contribution is 6.00. The first kappa shape index (κ1) is 20.3. The van der Waals surface area contributed by atoms with Crippen LogP contribution in [-0.4, -0.2) is 11.7 Å². The van der Waals surface area contributed by atoms with E-state index in [4.69, 9.17) is 4.74 Å². The topological polar surface area (TPSA) is 55.4 Å². The van der Waals surface area contributed by atoms with E-state index in [1.165, 1.54) is 30.4 Å². The van der Waals surface area contributed by atoms with Crippen molar-refractivity contribution >= 4 is 11.7 Å². The fourth-order valence-corrected chi connectivity index (χ4v) is 2.60. The average molecular weight is 405 g/mol. The van der Waals surface area contributed by atoms with Crippen molar-refractivity contribution in [3.8, 4) is 11.5 Å². The summed E-state index contributed by atoms with van der Waals surface area (Å²) in [7, 11) is 0. The summed E-state index contributed by atoms with van der Waals surface area (Å²) in [5, 5.41) is 2.38. The number of hydrogen-bond donors (Lipinski definition) is 1. The molecule has 0 heterocycles. The molecule has 1 amide bonds. The number of ether oxygens (including phenoxy) is 1. The maximum Gasteiger partial charge on any atom is 0.416 e. The number of aryl methyl sites for hydroxylation is 1. The Bertz CT molecular complexity index is 1040. The van der Waals surface area contributed by atoms with Gasteiger partial charge < -0.3 is 10.1 Å². The van der Waals surface area contributed by atoms with Crippen LogP contribution in [0.2, 0.25) is 0 Å². The lowest BCUT2D eigenvalue weighted by Crippen LogP contribution is -2.24. The van der Waals surface area contributed by atoms with E-state index in [0.717, 1.165) is 18.2 Å². The number of amides is 1. The van der Waals surface area contributed by atoms with Gasteiger partial charge in [0.05, 0.1) is 11.1 Å². The van der Waals surface area contributed by atoms with Crippen LogP contribution in [0.4, 0.5) is 17.6 Å². The summed E-state index contributed by atoms with van der Waals surface area (Å²) in [6.07, 6.45) is -0.319. The van der Waals surface area contributed by atoms with Crippen LogP contribution in [0.1, 0.15) is 27.9 Å². The van der Waals surface area contributed by atoms with Gasteiger partial charge in [-0.3, -0.25) is 9.59 Å². The number of allylic oxidation sites excluding steroid dienone is 3. The van der Waals surface area contributed by atoms with E-state index >= 15 is 0 Å². The zero-order chi connectivity index (χ0) is 21.2. The zero-order valence-electron chi connectivity index (χ0n) is 15.1. The third-order valence-electron chi connectivity index (χ3n) is 4.11. The Hall–Kier alpha value is -3.42. The summed E-state index contributed by atoms with van der Waals surface area (Å²) in [5.41, 5.74) is -0.943. The smallest absolute Gasteiger partial charge is 0.416 e. The second kappa shape index (κ2) is 7.90. The largest absolute Gasteiger partial charge is 0.456 e. The van der Waals surface area contributed by atoms with Gasteiger partial charge in [-0.15, -0.1) is 0 Å². The fraction of sp³-hybridized carbons (Fsp3) is 0.143. The Morgan fingerprint density at radius 1 is 1.14 bits per heavy atom. The molecule has 3 rings (SSSR count). The van der Waals surface area contributed by atoms with Crippen LogP contribution >= 0.6 is 0 Å². The fourth-order valence-electron chi connectivity index (χ4n) is 2.60. The molecule has 0 unspecified atom stereocenters. The van der Waals surface area contributed by atoms with E-state index in [1.54, 1.807) is 6.92 Å². The lowest BCUT2D eigenvalue weighted by atomic mass is 10.1. The third kappa shape index (κ3) is 4.90. The van der Waals surface area contributed by atoms with Gasteiger partial charge in [-0.25, -0.2) is 4.39 Å². The minimum absolute atomic E-state index is 0.0221. The van der Waals surface area contributed by atoms with Crippen molar-refractivity contribution in [2.24, 2.45) is 0 Å². The van der Waals surface area contributed by atoms with Crippen molar-refractivity contribution in [2.45, 2.75) is 19.5 Å². The number of alkyl halides is 3. The standard InChI is InChI=1S/C21H15F4NO3/c1-12-5-7-16(11-18(12)22)29-19-8-6-13(21(23,24)25)9-17(19)20(28)26-14-3-2-4-15(27)10-14/h2-3,5-11H,4H2,1H3,(H,26,28). The third-order valence-corrected chi connectivity index (χ3v) is 4.11. The number of nitrogens with one attached hydrogen (secondary N) is 1. The Kier molecular flexibility index (Phi) is 5.54. The maximum atomic E-state index is 13.8. The molecule has 0 radical (unpaired) electrons. The monoisotopic (exact) mass is 405 g/mol. The molecular formula is C21H15F4NO3. The molecule has 0 saturated heterocycles. The van der Waals surface area contributed by atoms with Gasteiger partial charge in [-0.05, 0) is 42.8 Å². The van der Waals surface area contributed by atoms with Crippen LogP contribution in [0.25, 0.3) is 0 Å². The highest BCUT2D eigenvalue weighted by Gasteiger charge is 2.32. The van der Waals surface area contributed by atoms with E-state index in [1.807, 2.05) is 0 Å². The van der Waals surface area contributed by atoms with Crippen LogP contribution in [0.15, 0.2) is 60.3 Å². The first-order valence-corrected chi connectivity index (χ1v) is 8.51. The predicted octanol–water partition coefficient (Wildman–Crippen LogP) is 5.09. The number of carbonyl (C=O) groups excluding carboxylic acids is 2. The molecular weight excluding hydrogens is 390 g/mol. The van der Waals surface area contributed by atoms with Crippen LogP contribution in [0.3, 0.4) is 0 Å². The summed E-state index contributed by atoms with van der Waals surface area (Å²) >= 11 is 0. The Morgan fingerprint density at radius 3 is 2.55 bits per heavy atom. The number of carbonyl (C=O) groups is 2. The van der Waals surface area contributed by atoms with Gasteiger partial charge >= 0.3 is 6.18 Å². The summed E-state index contributed by atoms with van der Waals surface area (Å²) < 4.78 is 58.5. The molecule has 29 heavy (non-hydrogen) atoms. The predicted molar refractivity (Wildman–Crippen MR) is 97.0 cm³/mol. The zero-order valence-corrected chi connectivity index (χ0v) is 15.1. The molecule has 0 aliphatic heterocycles. The van der Waals surface area contributed by atoms with Gasteiger partial charge in [0.15, 0.2) is 5.78 Å². The summed E-state index contributed by atoms with van der Waals surface area (Å²) in [6.45, 7) is 1.54. The summed E-state index contributed by atoms with van der Waals surface area (Å²) in [5.74, 6) is -1.88. The van der Waals surface area contributed by atoms with Crippen molar-refractivity contribution < 1.29 is 31.9 Å². The number of rotatable bonds is 4. The van der Waals surface area contributed by atoms with E-state index in [-0.39, 0.29) is 29.4 Å². The molecule has 0 bridgehead atoms. The molecule has 150 valence electrons. The molecule has 4 nitrogen and oxygen atoms in total. The molecule has 0 saturated carbocycles. The molecule has 0 aromatic heterocycles. The van der Waals surface area contributed by atoms with Gasteiger partial charge in [0.2, 0.25) is 0 Å². The van der Waals surface area contributed by atoms with E-state index in [2.05, 4.69) is 5.32 Å². The average Bonchev–Trinajstić information content (AvgIpc) is 2.64. The number of halogens is 4. The maximum absolute atomic E-state index is 13.8. The van der Waals surface area contributed by atoms with Gasteiger partial charge in [0, 0.05) is 24.3 Å². The molecule has 0 spiro atoms. The number of benzene rings is 2. The summed E-state index contributed by atoms with van der Waals surface area (Å²) in [4.78, 5) is 24.1. The molecule has 1 N–H and O–H groups in total. The molecule has 2 aromatic carbocycles. The Labute approximate surface area is 163 Å². The molecule has 0 fully saturated rings. The van der Waals surface area contributed by atoms with Crippen LogP contribution in [-0.2, 0) is 11.0 Å². The second-order valence-electron chi connectivity index (χ2n) is 6.35. The summed E-state index contributed by atoms with van der Waals surface area (Å²) in [6, 6.07) is 6.34. The molecule has 0 atom stereocenters. The number of ketones is 1. The quantitative estimate of drug-likeness (QED) is 0.721. The Balaban J connectivity index is 1.97. The van der Waals surface area contributed by atoms with Crippen molar-refractivity contribution in [2.75, 3.05) is 0 Å². The SMILES string of the molecule is Cc1ccc(Oc2ccc(C(F)(F)F)cc2C(=O)NC2=CC(=O)CC=C2)cc1F. The molecule has 2 aromatic rings. The van der Waals surface area contributed by atoms with E-state index in [9.17, 15) is 27.2 Å². The molecule has 1 aliphatic carbocycles. The van der Waals surface area contributed by atoms with E-state index in [0.29, 0.717) is 11.6 Å². The van der Waals surface area contributed by atoms with Crippen LogP contribution in [0, 0.1) is 12.7 Å². The minimum Gasteiger partial charge on any atom is -0.456 e. The van der Waals surface area contributed by atoms with Gasteiger partial charge in [0.1, 0.15) is 17.3 Å². The molecule has 8 heteroatoms. The second-order valence-corrected chi connectivity index (χ2v) is 6.35. The van der Waals surface area contributed by atoms with E-state index < -0.39 is 29.0 Å². The first-order valence-electron chi connectivity index (χ1n) is 8.51. The lowest BCUT2D eigenvalue weighted by Gasteiger charge is -2.15. The van der Waals surface area contributed by atoms with Crippen LogP contribution in [0.5, 0.6) is 11.5 Å². The molecule has 1 aliphatic rings. The lowest BCUT2D eigenvalue weighted by molar-refractivity contribution is -0.137. The van der Waals surface area contributed by atoms with Gasteiger partial charge in [0.25, 0.3) is 5.91 Å². The van der Waals surface area contributed by atoms with Crippen molar-refractivity contribution in [1.29, 1.82) is 0 Å². The highest BCUT2D eigenvalue weighted by atomic mass is 19.4. The highest BCUT2D eigenvalue weighted by Crippen LogP contribution is 2.34. The van der Waals surface area contributed by atoms with Crippen LogP contribution < -0.4 is 10.1 Å². The van der Waals surface area contributed by atoms with Crippen molar-refractivity contribution in [3.63, 3.8) is 0 Å². The van der Waals surface area contributed by atoms with Crippen molar-refractivity contribution in [3.05, 3.63) is 82.8 Å². The minimum atomic E-state index is -4.68. The Morgan fingerprint density at radius 2 is 1.90 bits per heavy atom. The van der Waals surface area contributed by atoms with Gasteiger partial charge in [-0.2, -0.15) is 13.2 Å². The van der Waals surface area contributed by atoms with Crippen molar-refractivity contribution in [1.82, 2.24) is 5.32 Å². The van der Waals surface area contributed by atoms with Gasteiger partial charge in [-0.1, -0.05) is 12.1 Å².